The van der Waals surface area contributed by atoms with Gasteiger partial charge in [0.2, 0.25) is 0 Å². The molecular weight excluding hydrogens is 260 g/mol. The molecule has 0 saturated heterocycles. The molecule has 1 N–H and O–H groups in total. The fourth-order valence-corrected chi connectivity index (χ4v) is 1.93. The molecule has 21 heavy (non-hydrogen) atoms. The highest BCUT2D eigenvalue weighted by atomic mass is 16.5. The Hall–Kier alpha value is -0.860. The highest BCUT2D eigenvalue weighted by Crippen LogP contribution is 2.06. The second-order valence-corrected chi connectivity index (χ2v) is 5.27. The minimum absolute atomic E-state index is 0.203. The van der Waals surface area contributed by atoms with Gasteiger partial charge in [-0.05, 0) is 45.4 Å². The molecule has 0 aliphatic carbocycles. The van der Waals surface area contributed by atoms with Crippen LogP contribution in [0.25, 0.3) is 0 Å². The summed E-state index contributed by atoms with van der Waals surface area (Å²) in [6.07, 6.45) is 21.1. The molecule has 0 heterocycles. The lowest BCUT2D eigenvalue weighted by Crippen LogP contribution is -2.03. The Bertz CT molecular complexity index is 279. The monoisotopic (exact) mass is 294 g/mol. The number of allylic oxidation sites excluding steroid dienone is 4. The van der Waals surface area contributed by atoms with E-state index in [1.807, 2.05) is 13.0 Å². The largest absolute Gasteiger partial charge is 0.393 e. The zero-order valence-electron chi connectivity index (χ0n) is 14.0. The van der Waals surface area contributed by atoms with Gasteiger partial charge in [-0.3, -0.25) is 0 Å². The molecule has 122 valence electrons. The average molecular weight is 294 g/mol. The third-order valence-electron chi connectivity index (χ3n) is 3.24. The quantitative estimate of drug-likeness (QED) is 0.353. The van der Waals surface area contributed by atoms with Crippen LogP contribution >= 0.6 is 0 Å². The predicted octanol–water partition coefficient (Wildman–Crippen LogP) is 5.19. The zero-order valence-corrected chi connectivity index (χ0v) is 14.0. The number of unbranched alkanes of at least 4 members (excludes halogenated alkanes) is 3. The number of aliphatic hydroxyl groups excluding tert-OH is 1. The second-order valence-electron chi connectivity index (χ2n) is 5.27. The van der Waals surface area contributed by atoms with Gasteiger partial charge in [-0.15, -0.1) is 0 Å². The smallest absolute Gasteiger partial charge is 0.0647 e. The van der Waals surface area contributed by atoms with Crippen molar-refractivity contribution >= 4 is 0 Å². The van der Waals surface area contributed by atoms with Crippen LogP contribution in [0.2, 0.25) is 0 Å². The van der Waals surface area contributed by atoms with Gasteiger partial charge in [0.15, 0.2) is 0 Å². The molecule has 0 unspecified atom stereocenters. The van der Waals surface area contributed by atoms with Gasteiger partial charge in [0.25, 0.3) is 0 Å². The van der Waals surface area contributed by atoms with Gasteiger partial charge in [0.1, 0.15) is 0 Å². The summed E-state index contributed by atoms with van der Waals surface area (Å²) in [4.78, 5) is 0. The number of hydrogen-bond acceptors (Lipinski definition) is 2. The Morgan fingerprint density at radius 3 is 2.43 bits per heavy atom. The van der Waals surface area contributed by atoms with Crippen molar-refractivity contribution < 1.29 is 9.84 Å². The summed E-state index contributed by atoms with van der Waals surface area (Å²) in [7, 11) is 0. The van der Waals surface area contributed by atoms with Crippen molar-refractivity contribution in [2.75, 3.05) is 13.2 Å². The van der Waals surface area contributed by atoms with Crippen molar-refractivity contribution in [1.29, 1.82) is 0 Å². The number of ether oxygens (including phenoxy) is 1. The molecule has 0 aliphatic rings. The lowest BCUT2D eigenvalue weighted by molar-refractivity contribution is 0.169. The van der Waals surface area contributed by atoms with Gasteiger partial charge in [0.05, 0.1) is 12.7 Å². The van der Waals surface area contributed by atoms with Gasteiger partial charge in [-0.1, -0.05) is 56.2 Å². The van der Waals surface area contributed by atoms with Crippen LogP contribution in [0.15, 0.2) is 36.5 Å². The normalized spacial score (nSPS) is 13.9. The molecule has 0 fully saturated rings. The Labute approximate surface area is 131 Å². The van der Waals surface area contributed by atoms with Crippen molar-refractivity contribution in [2.45, 2.75) is 71.3 Å². The Morgan fingerprint density at radius 1 is 0.905 bits per heavy atom. The van der Waals surface area contributed by atoms with Crippen LogP contribution < -0.4 is 0 Å². The van der Waals surface area contributed by atoms with E-state index in [9.17, 15) is 5.11 Å². The maximum atomic E-state index is 9.84. The minimum Gasteiger partial charge on any atom is -0.393 e. The van der Waals surface area contributed by atoms with Crippen LogP contribution in [0.4, 0.5) is 0 Å². The molecule has 0 aliphatic heterocycles. The second kappa shape index (κ2) is 17.2. The van der Waals surface area contributed by atoms with E-state index in [-0.39, 0.29) is 6.10 Å². The van der Waals surface area contributed by atoms with Crippen LogP contribution in [-0.2, 0) is 4.74 Å². The van der Waals surface area contributed by atoms with E-state index in [2.05, 4.69) is 37.3 Å². The van der Waals surface area contributed by atoms with Crippen LogP contribution in [0, 0.1) is 0 Å². The lowest BCUT2D eigenvalue weighted by atomic mass is 10.1. The SMILES string of the molecule is CCCCC/C=C\C[C@@H](O)CC/C=C\C/C=C\COCC. The highest BCUT2D eigenvalue weighted by molar-refractivity contribution is 4.93. The third-order valence-corrected chi connectivity index (χ3v) is 3.24. The number of aliphatic hydroxyl groups is 1. The predicted molar refractivity (Wildman–Crippen MR) is 92.5 cm³/mol. The van der Waals surface area contributed by atoms with Gasteiger partial charge < -0.3 is 9.84 Å². The molecule has 0 rings (SSSR count). The van der Waals surface area contributed by atoms with Gasteiger partial charge in [0, 0.05) is 6.61 Å². The standard InChI is InChI=1S/C19H34O2/c1-3-5-6-7-10-13-16-19(20)17-14-11-8-9-12-15-18-21-4-2/h8,10-13,15,19-20H,3-7,9,14,16-18H2,1-2H3/b11-8-,13-10-,15-12-/t19-/m1/s1. The third kappa shape index (κ3) is 17.1. The molecule has 0 amide bonds. The fourth-order valence-electron chi connectivity index (χ4n) is 1.93. The Kier molecular flexibility index (Phi) is 16.5. The molecule has 2 nitrogen and oxygen atoms in total. The molecule has 0 saturated carbocycles. The summed E-state index contributed by atoms with van der Waals surface area (Å²) in [6, 6.07) is 0. The van der Waals surface area contributed by atoms with Gasteiger partial charge in [-0.25, -0.2) is 0 Å². The molecule has 0 aromatic heterocycles. The van der Waals surface area contributed by atoms with Crippen LogP contribution in [-0.4, -0.2) is 24.4 Å². The fraction of sp³-hybridized carbons (Fsp3) is 0.684. The van der Waals surface area contributed by atoms with E-state index < -0.39 is 0 Å². The van der Waals surface area contributed by atoms with E-state index in [1.165, 1.54) is 19.3 Å². The zero-order chi connectivity index (χ0) is 15.6. The minimum atomic E-state index is -0.203. The van der Waals surface area contributed by atoms with E-state index in [0.717, 1.165) is 38.7 Å². The summed E-state index contributed by atoms with van der Waals surface area (Å²) < 4.78 is 5.21. The molecule has 0 aromatic rings. The Morgan fingerprint density at radius 2 is 1.67 bits per heavy atom. The Balaban J connectivity index is 3.43. The van der Waals surface area contributed by atoms with E-state index >= 15 is 0 Å². The lowest BCUT2D eigenvalue weighted by Gasteiger charge is -2.05. The summed E-state index contributed by atoms with van der Waals surface area (Å²) >= 11 is 0. The summed E-state index contributed by atoms with van der Waals surface area (Å²) in [5.74, 6) is 0. The molecule has 0 bridgehead atoms. The van der Waals surface area contributed by atoms with E-state index in [4.69, 9.17) is 4.74 Å². The van der Waals surface area contributed by atoms with E-state index in [1.54, 1.807) is 0 Å². The summed E-state index contributed by atoms with van der Waals surface area (Å²) in [6.45, 7) is 5.69. The first-order valence-corrected chi connectivity index (χ1v) is 8.52. The molecule has 0 radical (unpaired) electrons. The molecule has 0 aromatic carbocycles. The first-order chi connectivity index (χ1) is 10.3. The number of rotatable bonds is 14. The molecule has 0 spiro atoms. The van der Waals surface area contributed by atoms with Crippen molar-refractivity contribution in [2.24, 2.45) is 0 Å². The molecule has 2 heteroatoms. The molecule has 1 atom stereocenters. The maximum absolute atomic E-state index is 9.84. The van der Waals surface area contributed by atoms with Crippen molar-refractivity contribution in [3.8, 4) is 0 Å². The number of hydrogen-bond donors (Lipinski definition) is 1. The van der Waals surface area contributed by atoms with Gasteiger partial charge >= 0.3 is 0 Å². The van der Waals surface area contributed by atoms with E-state index in [0.29, 0.717) is 6.61 Å². The van der Waals surface area contributed by atoms with Crippen molar-refractivity contribution in [3.63, 3.8) is 0 Å². The molecular formula is C19H34O2. The first kappa shape index (κ1) is 20.1. The van der Waals surface area contributed by atoms with Crippen molar-refractivity contribution in [3.05, 3.63) is 36.5 Å². The first-order valence-electron chi connectivity index (χ1n) is 8.52. The van der Waals surface area contributed by atoms with Gasteiger partial charge in [-0.2, -0.15) is 0 Å². The maximum Gasteiger partial charge on any atom is 0.0647 e. The summed E-state index contributed by atoms with van der Waals surface area (Å²) in [5, 5.41) is 9.84. The van der Waals surface area contributed by atoms with Crippen molar-refractivity contribution in [1.82, 2.24) is 0 Å². The average Bonchev–Trinajstić information content (AvgIpc) is 2.49. The van der Waals surface area contributed by atoms with Crippen LogP contribution in [0.3, 0.4) is 0 Å². The summed E-state index contributed by atoms with van der Waals surface area (Å²) in [5.41, 5.74) is 0. The highest BCUT2D eigenvalue weighted by Gasteiger charge is 1.98. The van der Waals surface area contributed by atoms with Crippen LogP contribution in [0.1, 0.15) is 65.2 Å². The topological polar surface area (TPSA) is 29.5 Å². The van der Waals surface area contributed by atoms with Crippen LogP contribution in [0.5, 0.6) is 0 Å².